The van der Waals surface area contributed by atoms with Crippen LogP contribution in [0, 0.1) is 5.92 Å². The van der Waals surface area contributed by atoms with Crippen molar-refractivity contribution in [3.8, 4) is 0 Å². The zero-order valence-electron chi connectivity index (χ0n) is 16.9. The molecule has 12 heteroatoms. The fourth-order valence-corrected chi connectivity index (χ4v) is 5.71. The van der Waals surface area contributed by atoms with Gasteiger partial charge in [0.05, 0.1) is 20.6 Å². The molecule has 8 nitrogen and oxygen atoms in total. The summed E-state index contributed by atoms with van der Waals surface area (Å²) < 4.78 is 31.1. The molecule has 3 N–H and O–H groups in total. The number of rotatable bonds is 7. The second-order valence-corrected chi connectivity index (χ2v) is 10.9. The lowest BCUT2D eigenvalue weighted by molar-refractivity contribution is -0.134. The van der Waals surface area contributed by atoms with Crippen molar-refractivity contribution < 1.29 is 13.2 Å². The van der Waals surface area contributed by atoms with Crippen LogP contribution in [0.4, 0.5) is 5.69 Å². The average Bonchev–Trinajstić information content (AvgIpc) is 3.13. The minimum Gasteiger partial charge on any atom is -0.396 e. The highest BCUT2D eigenvalue weighted by Gasteiger charge is 2.31. The number of carbonyl (C=O) groups is 1. The highest BCUT2D eigenvalue weighted by Crippen LogP contribution is 2.31. The van der Waals surface area contributed by atoms with E-state index in [9.17, 15) is 13.2 Å². The molecule has 1 unspecified atom stereocenters. The lowest BCUT2D eigenvalue weighted by Gasteiger charge is -2.33. The molecule has 0 saturated carbocycles. The van der Waals surface area contributed by atoms with Crippen LogP contribution in [0.3, 0.4) is 0 Å². The van der Waals surface area contributed by atoms with Crippen molar-refractivity contribution in [3.05, 3.63) is 39.3 Å². The molecule has 0 radical (unpaired) electrons. The fourth-order valence-electron chi connectivity index (χ4n) is 3.40. The van der Waals surface area contributed by atoms with Gasteiger partial charge in [0.25, 0.3) is 0 Å². The summed E-state index contributed by atoms with van der Waals surface area (Å²) in [5, 5.41) is 0.0613. The number of piperidine rings is 1. The number of carbonyl (C=O) groups excluding carboxylic acids is 1. The number of halogens is 3. The second kappa shape index (κ2) is 10.1. The molecule has 1 aliphatic heterocycles. The molecule has 0 bridgehead atoms. The second-order valence-electron chi connectivity index (χ2n) is 7.66. The lowest BCUT2D eigenvalue weighted by atomic mass is 9.98. The number of nitrogens with one attached hydrogen (secondary N) is 1. The number of likely N-dealkylation sites (tertiary alicyclic amines) is 1. The summed E-state index contributed by atoms with van der Waals surface area (Å²) >= 11 is 15.4. The summed E-state index contributed by atoms with van der Waals surface area (Å²) in [6, 6.07) is 1.49. The van der Waals surface area contributed by atoms with E-state index in [4.69, 9.17) is 28.9 Å². The van der Waals surface area contributed by atoms with Gasteiger partial charge >= 0.3 is 0 Å². The zero-order chi connectivity index (χ0) is 22.8. The Bertz CT molecular complexity index is 1030. The van der Waals surface area contributed by atoms with Gasteiger partial charge in [0.15, 0.2) is 4.73 Å². The molecule has 3 rings (SSSR count). The van der Waals surface area contributed by atoms with Gasteiger partial charge in [-0.25, -0.2) is 13.4 Å². The van der Waals surface area contributed by atoms with E-state index in [-0.39, 0.29) is 33.0 Å². The van der Waals surface area contributed by atoms with E-state index in [2.05, 4.69) is 32.6 Å². The Hall–Kier alpha value is -1.33. The van der Waals surface area contributed by atoms with E-state index in [1.165, 1.54) is 12.1 Å². The molecule has 170 valence electrons. The van der Waals surface area contributed by atoms with Crippen molar-refractivity contribution in [2.24, 2.45) is 5.92 Å². The Morgan fingerprint density at radius 2 is 1.94 bits per heavy atom. The third-order valence-corrected chi connectivity index (χ3v) is 8.11. The monoisotopic (exact) mass is 551 g/mol. The number of aromatic nitrogens is 2. The van der Waals surface area contributed by atoms with Crippen LogP contribution in [0.1, 0.15) is 26.2 Å². The van der Waals surface area contributed by atoms with Crippen LogP contribution in [0.5, 0.6) is 0 Å². The lowest BCUT2D eigenvalue weighted by Crippen LogP contribution is -2.50. The highest BCUT2D eigenvalue weighted by molar-refractivity contribution is 9.10. The standard InChI is InChI=1S/C19H24BrCl2N5O3S/c1-12-2-6-26(7-3-12)18(28)16(4-8-27-9-5-24-19(27)20)25-31(29,30)13-10-14(21)17(23)15(22)11-13/h5,9-12,16,25H,2-4,6-8,23H2,1H3. The van der Waals surface area contributed by atoms with E-state index in [1.807, 2.05) is 0 Å². The Morgan fingerprint density at radius 3 is 2.48 bits per heavy atom. The predicted octanol–water partition coefficient (Wildman–Crippen LogP) is 3.53. The van der Waals surface area contributed by atoms with E-state index in [0.717, 1.165) is 12.8 Å². The molecule has 1 atom stereocenters. The normalized spacial score (nSPS) is 16.5. The zero-order valence-corrected chi connectivity index (χ0v) is 20.8. The SMILES string of the molecule is CC1CCN(C(=O)C(CCn2ccnc2Br)NS(=O)(=O)c2cc(Cl)c(N)c(Cl)c2)CC1. The molecule has 31 heavy (non-hydrogen) atoms. The number of hydrogen-bond acceptors (Lipinski definition) is 5. The number of nitrogen functional groups attached to an aromatic ring is 1. The van der Waals surface area contributed by atoms with Crippen LogP contribution in [0.15, 0.2) is 34.2 Å². The quantitative estimate of drug-likeness (QED) is 0.510. The van der Waals surface area contributed by atoms with Gasteiger partial charge in [0, 0.05) is 32.0 Å². The van der Waals surface area contributed by atoms with Gasteiger partial charge in [0.1, 0.15) is 6.04 Å². The summed E-state index contributed by atoms with van der Waals surface area (Å²) in [6.45, 7) is 3.75. The van der Waals surface area contributed by atoms with Crippen LogP contribution in [-0.4, -0.2) is 47.9 Å². The molecule has 1 amide bonds. The predicted molar refractivity (Wildman–Crippen MR) is 125 cm³/mol. The van der Waals surface area contributed by atoms with Crippen molar-refractivity contribution >= 4 is 60.7 Å². The van der Waals surface area contributed by atoms with E-state index in [1.54, 1.807) is 21.9 Å². The number of hydrogen-bond donors (Lipinski definition) is 2. The summed E-state index contributed by atoms with van der Waals surface area (Å²) in [6.07, 6.45) is 5.40. The summed E-state index contributed by atoms with van der Waals surface area (Å²) in [4.78, 5) is 18.9. The summed E-state index contributed by atoms with van der Waals surface area (Å²) in [7, 11) is -4.08. The Balaban J connectivity index is 1.84. The molecule has 2 aromatic rings. The van der Waals surface area contributed by atoms with Gasteiger partial charge < -0.3 is 15.2 Å². The van der Waals surface area contributed by atoms with Crippen LogP contribution in [0.25, 0.3) is 0 Å². The maximum atomic E-state index is 13.2. The smallest absolute Gasteiger partial charge is 0.241 e. The molecule has 0 aliphatic carbocycles. The van der Waals surface area contributed by atoms with E-state index >= 15 is 0 Å². The topological polar surface area (TPSA) is 110 Å². The molecule has 1 aliphatic rings. The van der Waals surface area contributed by atoms with Crippen LogP contribution < -0.4 is 10.5 Å². The first-order valence-corrected chi connectivity index (χ1v) is 12.8. The van der Waals surface area contributed by atoms with Gasteiger partial charge in [-0.05, 0) is 53.2 Å². The fraction of sp³-hybridized carbons (Fsp3) is 0.474. The van der Waals surface area contributed by atoms with Gasteiger partial charge in [-0.1, -0.05) is 30.1 Å². The first kappa shape index (κ1) is 24.3. The minimum absolute atomic E-state index is 0.0307. The van der Waals surface area contributed by atoms with Crippen molar-refractivity contribution in [2.45, 2.75) is 43.7 Å². The minimum atomic E-state index is -4.08. The Kier molecular flexibility index (Phi) is 7.90. The Morgan fingerprint density at radius 1 is 1.32 bits per heavy atom. The number of anilines is 1. The van der Waals surface area contributed by atoms with Crippen molar-refractivity contribution in [2.75, 3.05) is 18.8 Å². The van der Waals surface area contributed by atoms with Gasteiger partial charge in [-0.3, -0.25) is 4.79 Å². The molecule has 1 fully saturated rings. The van der Waals surface area contributed by atoms with Crippen molar-refractivity contribution in [1.29, 1.82) is 0 Å². The third-order valence-electron chi connectivity index (χ3n) is 5.38. The summed E-state index contributed by atoms with van der Waals surface area (Å²) in [5.74, 6) is 0.291. The Labute approximate surface area is 200 Å². The third kappa shape index (κ3) is 5.92. The number of amides is 1. The highest BCUT2D eigenvalue weighted by atomic mass is 79.9. The molecule has 1 aromatic carbocycles. The maximum absolute atomic E-state index is 13.2. The van der Waals surface area contributed by atoms with Crippen LogP contribution in [-0.2, 0) is 21.4 Å². The molecular formula is C19H24BrCl2N5O3S. The average molecular weight is 553 g/mol. The number of benzene rings is 1. The van der Waals surface area contributed by atoms with Crippen LogP contribution in [0.2, 0.25) is 10.0 Å². The van der Waals surface area contributed by atoms with E-state index < -0.39 is 16.1 Å². The molecular weight excluding hydrogens is 529 g/mol. The number of aryl methyl sites for hydroxylation is 1. The molecule has 0 spiro atoms. The largest absolute Gasteiger partial charge is 0.396 e. The van der Waals surface area contributed by atoms with Gasteiger partial charge in [0.2, 0.25) is 15.9 Å². The van der Waals surface area contributed by atoms with Crippen LogP contribution >= 0.6 is 39.1 Å². The first-order chi connectivity index (χ1) is 14.6. The molecule has 2 heterocycles. The van der Waals surface area contributed by atoms with Crippen molar-refractivity contribution in [1.82, 2.24) is 19.2 Å². The summed E-state index contributed by atoms with van der Waals surface area (Å²) in [5.41, 5.74) is 5.81. The number of nitrogens with two attached hydrogens (primary N) is 1. The molecule has 1 aromatic heterocycles. The maximum Gasteiger partial charge on any atom is 0.241 e. The van der Waals surface area contributed by atoms with Gasteiger partial charge in [-0.15, -0.1) is 0 Å². The number of sulfonamides is 1. The number of nitrogens with zero attached hydrogens (tertiary/aromatic N) is 3. The van der Waals surface area contributed by atoms with E-state index in [0.29, 0.717) is 30.3 Å². The molecule has 1 saturated heterocycles. The van der Waals surface area contributed by atoms with Gasteiger partial charge in [-0.2, -0.15) is 4.72 Å². The first-order valence-electron chi connectivity index (χ1n) is 9.80. The van der Waals surface area contributed by atoms with Crippen molar-refractivity contribution in [3.63, 3.8) is 0 Å². The number of imidazole rings is 1.